The van der Waals surface area contributed by atoms with Gasteiger partial charge in [0.1, 0.15) is 11.6 Å². The first-order valence-electron chi connectivity index (χ1n) is 12.3. The lowest BCUT2D eigenvalue weighted by Crippen LogP contribution is -2.44. The number of hydrogen-bond donors (Lipinski definition) is 3. The van der Waals surface area contributed by atoms with E-state index >= 15 is 0 Å². The summed E-state index contributed by atoms with van der Waals surface area (Å²) in [5.41, 5.74) is 3.01. The number of aromatic nitrogens is 2. The first-order chi connectivity index (χ1) is 18.5. The highest BCUT2D eigenvalue weighted by atomic mass is 32.2. The van der Waals surface area contributed by atoms with Gasteiger partial charge >= 0.3 is 0 Å². The van der Waals surface area contributed by atoms with Crippen LogP contribution in [0.25, 0.3) is 10.9 Å². The summed E-state index contributed by atoms with van der Waals surface area (Å²) in [6.45, 7) is 3.31. The van der Waals surface area contributed by atoms with Crippen LogP contribution in [0.2, 0.25) is 0 Å². The molecule has 204 valence electrons. The predicted molar refractivity (Wildman–Crippen MR) is 148 cm³/mol. The van der Waals surface area contributed by atoms with E-state index in [4.69, 9.17) is 0 Å². The third-order valence-electron chi connectivity index (χ3n) is 6.60. The minimum atomic E-state index is -3.66. The van der Waals surface area contributed by atoms with Crippen molar-refractivity contribution in [1.29, 1.82) is 0 Å². The number of hydrogen-bond acceptors (Lipinski definition) is 6. The van der Waals surface area contributed by atoms with E-state index in [2.05, 4.69) is 30.0 Å². The molecule has 5 rings (SSSR count). The van der Waals surface area contributed by atoms with Gasteiger partial charge in [0.25, 0.3) is 5.91 Å². The molecule has 0 aliphatic carbocycles. The summed E-state index contributed by atoms with van der Waals surface area (Å²) in [5.74, 6) is -1.60. The van der Waals surface area contributed by atoms with Gasteiger partial charge in [-0.05, 0) is 67.1 Å². The maximum atomic E-state index is 13.6. The highest BCUT2D eigenvalue weighted by Crippen LogP contribution is 2.28. The Balaban J connectivity index is 1.41. The van der Waals surface area contributed by atoms with Gasteiger partial charge in [0.05, 0.1) is 23.0 Å². The van der Waals surface area contributed by atoms with Gasteiger partial charge in [0.15, 0.2) is 5.82 Å². The Morgan fingerprint density at radius 2 is 1.69 bits per heavy atom. The largest absolute Gasteiger partial charge is 0.369 e. The summed E-state index contributed by atoms with van der Waals surface area (Å²) in [4.78, 5) is 17.7. The number of likely N-dealkylation sites (N-methyl/N-ethyl adjacent to an activating group) is 1. The second kappa shape index (κ2) is 10.6. The van der Waals surface area contributed by atoms with Crippen molar-refractivity contribution in [2.45, 2.75) is 6.42 Å². The Hall–Kier alpha value is -4.03. The summed E-state index contributed by atoms with van der Waals surface area (Å²) in [5, 5.41) is 10.4. The first-order valence-corrected chi connectivity index (χ1v) is 14.2. The van der Waals surface area contributed by atoms with Gasteiger partial charge < -0.3 is 15.1 Å². The van der Waals surface area contributed by atoms with Gasteiger partial charge in [-0.15, -0.1) is 0 Å². The lowest BCUT2D eigenvalue weighted by molar-refractivity contribution is 0.102. The zero-order valence-corrected chi connectivity index (χ0v) is 22.3. The Bertz CT molecular complexity index is 1630. The van der Waals surface area contributed by atoms with E-state index in [0.717, 1.165) is 49.8 Å². The maximum Gasteiger partial charge on any atom is 0.259 e. The van der Waals surface area contributed by atoms with Crippen molar-refractivity contribution in [3.05, 3.63) is 82.9 Å². The molecule has 2 heterocycles. The topological polar surface area (TPSA) is 110 Å². The molecule has 0 saturated carbocycles. The van der Waals surface area contributed by atoms with Gasteiger partial charge in [-0.2, -0.15) is 5.10 Å². The second-order valence-corrected chi connectivity index (χ2v) is 11.5. The summed E-state index contributed by atoms with van der Waals surface area (Å²) in [6.07, 6.45) is 1.31. The smallest absolute Gasteiger partial charge is 0.259 e. The van der Waals surface area contributed by atoms with Crippen LogP contribution in [0.4, 0.5) is 26.0 Å². The standard InChI is InChI=1S/C27H28F2N6O3S/c1-34-7-9-35(10-8-34)21-4-5-22(25(16-21)33-39(2,37)38)27(36)30-26-23-14-17(3-6-24(23)31-32-26)11-18-12-19(28)15-20(29)13-18/h3-6,12-16,33H,7-11H2,1-2H3,(H2,30,31,32,36). The quantitative estimate of drug-likeness (QED) is 0.321. The van der Waals surface area contributed by atoms with E-state index < -0.39 is 27.6 Å². The summed E-state index contributed by atoms with van der Waals surface area (Å²) in [6, 6.07) is 13.8. The molecule has 0 unspecified atom stereocenters. The zero-order valence-electron chi connectivity index (χ0n) is 21.5. The van der Waals surface area contributed by atoms with E-state index in [-0.39, 0.29) is 23.5 Å². The molecule has 4 aromatic rings. The molecule has 3 N–H and O–H groups in total. The summed E-state index contributed by atoms with van der Waals surface area (Å²) >= 11 is 0. The Labute approximate surface area is 224 Å². The van der Waals surface area contributed by atoms with E-state index in [1.807, 2.05) is 7.05 Å². The molecule has 39 heavy (non-hydrogen) atoms. The highest BCUT2D eigenvalue weighted by Gasteiger charge is 2.21. The molecule has 1 fully saturated rings. The molecule has 1 saturated heterocycles. The molecule has 1 aliphatic rings. The van der Waals surface area contributed by atoms with Crippen molar-refractivity contribution in [3.8, 4) is 0 Å². The molecular weight excluding hydrogens is 526 g/mol. The Morgan fingerprint density at radius 1 is 0.974 bits per heavy atom. The minimum Gasteiger partial charge on any atom is -0.369 e. The molecule has 1 amide bonds. The van der Waals surface area contributed by atoms with Crippen LogP contribution in [0, 0.1) is 11.6 Å². The van der Waals surface area contributed by atoms with Gasteiger partial charge in [-0.25, -0.2) is 17.2 Å². The number of carbonyl (C=O) groups is 1. The van der Waals surface area contributed by atoms with Crippen LogP contribution in [-0.4, -0.2) is 68.9 Å². The number of halogens is 2. The normalized spacial score (nSPS) is 14.5. The Kier molecular flexibility index (Phi) is 7.23. The average Bonchev–Trinajstić information content (AvgIpc) is 3.24. The van der Waals surface area contributed by atoms with Gasteiger partial charge in [0, 0.05) is 43.3 Å². The lowest BCUT2D eigenvalue weighted by atomic mass is 10.0. The molecule has 1 aromatic heterocycles. The van der Waals surface area contributed by atoms with Gasteiger partial charge in [0.2, 0.25) is 10.0 Å². The number of benzene rings is 3. The molecule has 12 heteroatoms. The van der Waals surface area contributed by atoms with Crippen LogP contribution in [0.15, 0.2) is 54.6 Å². The fraction of sp³-hybridized carbons (Fsp3) is 0.259. The number of H-pyrrole nitrogens is 1. The van der Waals surface area contributed by atoms with Gasteiger partial charge in [-0.3, -0.25) is 14.6 Å². The summed E-state index contributed by atoms with van der Waals surface area (Å²) < 4.78 is 53.9. The number of nitrogens with zero attached hydrogens (tertiary/aromatic N) is 3. The monoisotopic (exact) mass is 554 g/mol. The van der Waals surface area contributed by atoms with Crippen LogP contribution in [-0.2, 0) is 16.4 Å². The van der Waals surface area contributed by atoms with E-state index in [0.29, 0.717) is 16.5 Å². The van der Waals surface area contributed by atoms with Crippen LogP contribution < -0.4 is 14.9 Å². The number of carbonyl (C=O) groups excluding carboxylic acids is 1. The van der Waals surface area contributed by atoms with Crippen molar-refractivity contribution >= 4 is 44.0 Å². The molecule has 9 nitrogen and oxygen atoms in total. The number of nitrogens with one attached hydrogen (secondary N) is 3. The molecule has 0 radical (unpaired) electrons. The number of rotatable bonds is 7. The SMILES string of the molecule is CN1CCN(c2ccc(C(=O)Nc3n[nH]c4ccc(Cc5cc(F)cc(F)c5)cc34)c(NS(C)(=O)=O)c2)CC1. The third-order valence-corrected chi connectivity index (χ3v) is 7.19. The van der Waals surface area contributed by atoms with Crippen molar-refractivity contribution in [1.82, 2.24) is 15.1 Å². The van der Waals surface area contributed by atoms with Crippen molar-refractivity contribution in [3.63, 3.8) is 0 Å². The maximum absolute atomic E-state index is 13.6. The van der Waals surface area contributed by atoms with Crippen LogP contribution in [0.1, 0.15) is 21.5 Å². The number of sulfonamides is 1. The molecule has 1 aliphatic heterocycles. The van der Waals surface area contributed by atoms with Crippen molar-refractivity contribution in [2.24, 2.45) is 0 Å². The fourth-order valence-corrected chi connectivity index (χ4v) is 5.23. The lowest BCUT2D eigenvalue weighted by Gasteiger charge is -2.34. The second-order valence-electron chi connectivity index (χ2n) is 9.76. The van der Waals surface area contributed by atoms with Crippen LogP contribution >= 0.6 is 0 Å². The van der Waals surface area contributed by atoms with Crippen molar-refractivity contribution < 1.29 is 22.0 Å². The molecule has 0 bridgehead atoms. The third kappa shape index (κ3) is 6.35. The predicted octanol–water partition coefficient (Wildman–Crippen LogP) is 3.81. The van der Waals surface area contributed by atoms with E-state index in [9.17, 15) is 22.0 Å². The molecule has 0 spiro atoms. The van der Waals surface area contributed by atoms with E-state index in [1.54, 1.807) is 36.4 Å². The van der Waals surface area contributed by atoms with Crippen LogP contribution in [0.3, 0.4) is 0 Å². The number of amides is 1. The van der Waals surface area contributed by atoms with Gasteiger partial charge in [-0.1, -0.05) is 6.07 Å². The number of piperazine rings is 1. The number of anilines is 3. The average molecular weight is 555 g/mol. The molecule has 0 atom stereocenters. The molecule has 3 aromatic carbocycles. The zero-order chi connectivity index (χ0) is 27.7. The fourth-order valence-electron chi connectivity index (χ4n) is 4.67. The van der Waals surface area contributed by atoms with Crippen LogP contribution in [0.5, 0.6) is 0 Å². The summed E-state index contributed by atoms with van der Waals surface area (Å²) in [7, 11) is -1.61. The van der Waals surface area contributed by atoms with Crippen molar-refractivity contribution in [2.75, 3.05) is 54.4 Å². The minimum absolute atomic E-state index is 0.140. The Morgan fingerprint density at radius 3 is 2.38 bits per heavy atom. The number of fused-ring (bicyclic) bond motifs is 1. The van der Waals surface area contributed by atoms with E-state index in [1.165, 1.54) is 12.1 Å². The first kappa shape index (κ1) is 26.6. The molecular formula is C27H28F2N6O3S. The number of aromatic amines is 1. The highest BCUT2D eigenvalue weighted by molar-refractivity contribution is 7.92.